The van der Waals surface area contributed by atoms with E-state index in [4.69, 9.17) is 4.52 Å². The minimum Gasteiger partial charge on any atom is -0.352 e. The van der Waals surface area contributed by atoms with Crippen LogP contribution in [0.5, 0.6) is 0 Å². The first-order valence-electron chi connectivity index (χ1n) is 7.14. The van der Waals surface area contributed by atoms with Crippen LogP contribution in [0.2, 0.25) is 0 Å². The van der Waals surface area contributed by atoms with E-state index < -0.39 is 0 Å². The van der Waals surface area contributed by atoms with Gasteiger partial charge in [0.05, 0.1) is 0 Å². The molecule has 0 radical (unpaired) electrons. The van der Waals surface area contributed by atoms with Crippen LogP contribution in [0.4, 0.5) is 0 Å². The minimum absolute atomic E-state index is 0.125. The number of nitrogens with zero attached hydrogens (tertiary/aromatic N) is 2. The Balaban J connectivity index is 1.54. The van der Waals surface area contributed by atoms with Gasteiger partial charge in [0.1, 0.15) is 0 Å². The molecule has 0 aliphatic rings. The first kappa shape index (κ1) is 15.4. The molecule has 0 saturated heterocycles. The Hall–Kier alpha value is -2.47. The van der Waals surface area contributed by atoms with Crippen LogP contribution >= 0.6 is 15.9 Å². The number of nitrogens with one attached hydrogen (secondary N) is 1. The van der Waals surface area contributed by atoms with Crippen molar-refractivity contribution in [1.82, 2.24) is 15.5 Å². The molecule has 2 aromatic carbocycles. The Labute approximate surface area is 141 Å². The highest BCUT2D eigenvalue weighted by atomic mass is 79.9. The second-order valence-corrected chi connectivity index (χ2v) is 5.81. The van der Waals surface area contributed by atoms with Gasteiger partial charge in [-0.2, -0.15) is 4.98 Å². The first-order chi connectivity index (χ1) is 11.2. The van der Waals surface area contributed by atoms with E-state index in [0.717, 1.165) is 10.0 Å². The zero-order chi connectivity index (χ0) is 16.1. The Morgan fingerprint density at radius 3 is 2.57 bits per heavy atom. The normalized spacial score (nSPS) is 10.5. The molecule has 1 amide bonds. The summed E-state index contributed by atoms with van der Waals surface area (Å²) in [6, 6.07) is 16.8. The monoisotopic (exact) mass is 371 g/mol. The topological polar surface area (TPSA) is 68.0 Å². The van der Waals surface area contributed by atoms with Gasteiger partial charge in [0.25, 0.3) is 5.91 Å². The highest BCUT2D eigenvalue weighted by molar-refractivity contribution is 9.10. The summed E-state index contributed by atoms with van der Waals surface area (Å²) < 4.78 is 6.14. The van der Waals surface area contributed by atoms with Crippen LogP contribution in [-0.4, -0.2) is 22.6 Å². The standard InChI is InChI=1S/C17H14BrN3O2/c18-14-8-6-13(7-9-14)17(22)19-11-10-15-20-16(21-23-15)12-4-2-1-3-5-12/h1-9H,10-11H2,(H,19,22). The number of aromatic nitrogens is 2. The van der Waals surface area contributed by atoms with Crippen molar-refractivity contribution in [1.29, 1.82) is 0 Å². The van der Waals surface area contributed by atoms with Crippen LogP contribution in [0.25, 0.3) is 11.4 Å². The first-order valence-corrected chi connectivity index (χ1v) is 7.93. The summed E-state index contributed by atoms with van der Waals surface area (Å²) in [5, 5.41) is 6.78. The fourth-order valence-electron chi connectivity index (χ4n) is 2.05. The van der Waals surface area contributed by atoms with Gasteiger partial charge < -0.3 is 9.84 Å². The second kappa shape index (κ2) is 7.19. The van der Waals surface area contributed by atoms with E-state index in [-0.39, 0.29) is 5.91 Å². The molecule has 0 saturated carbocycles. The van der Waals surface area contributed by atoms with Crippen LogP contribution in [0.1, 0.15) is 16.2 Å². The van der Waals surface area contributed by atoms with E-state index in [0.29, 0.717) is 30.2 Å². The summed E-state index contributed by atoms with van der Waals surface area (Å²) in [6.07, 6.45) is 0.488. The predicted octanol–water partition coefficient (Wildman–Crippen LogP) is 3.47. The van der Waals surface area contributed by atoms with Gasteiger partial charge in [-0.1, -0.05) is 51.4 Å². The molecule has 3 aromatic rings. The third-order valence-electron chi connectivity index (χ3n) is 3.23. The highest BCUT2D eigenvalue weighted by Crippen LogP contribution is 2.15. The van der Waals surface area contributed by atoms with Crippen molar-refractivity contribution in [3.05, 3.63) is 70.5 Å². The second-order valence-electron chi connectivity index (χ2n) is 4.89. The molecular formula is C17H14BrN3O2. The van der Waals surface area contributed by atoms with Crippen molar-refractivity contribution < 1.29 is 9.32 Å². The summed E-state index contributed by atoms with van der Waals surface area (Å²) in [5.41, 5.74) is 1.52. The Morgan fingerprint density at radius 2 is 1.83 bits per heavy atom. The van der Waals surface area contributed by atoms with Gasteiger partial charge >= 0.3 is 0 Å². The van der Waals surface area contributed by atoms with Crippen molar-refractivity contribution in [2.24, 2.45) is 0 Å². The van der Waals surface area contributed by atoms with Gasteiger partial charge in [-0.05, 0) is 24.3 Å². The van der Waals surface area contributed by atoms with Crippen LogP contribution < -0.4 is 5.32 Å². The molecule has 23 heavy (non-hydrogen) atoms. The lowest BCUT2D eigenvalue weighted by Crippen LogP contribution is -2.25. The van der Waals surface area contributed by atoms with Crippen molar-refractivity contribution >= 4 is 21.8 Å². The van der Waals surface area contributed by atoms with Crippen LogP contribution in [0.3, 0.4) is 0 Å². The fraction of sp³-hybridized carbons (Fsp3) is 0.118. The predicted molar refractivity (Wildman–Crippen MR) is 89.9 cm³/mol. The van der Waals surface area contributed by atoms with Crippen LogP contribution in [0, 0.1) is 0 Å². The smallest absolute Gasteiger partial charge is 0.251 e. The van der Waals surface area contributed by atoms with E-state index in [1.165, 1.54) is 0 Å². The Kier molecular flexibility index (Phi) is 4.83. The molecule has 0 unspecified atom stereocenters. The average molecular weight is 372 g/mol. The van der Waals surface area contributed by atoms with Crippen molar-refractivity contribution in [2.45, 2.75) is 6.42 Å². The van der Waals surface area contributed by atoms with E-state index in [1.54, 1.807) is 12.1 Å². The SMILES string of the molecule is O=C(NCCc1nc(-c2ccccc2)no1)c1ccc(Br)cc1. The molecule has 5 nitrogen and oxygen atoms in total. The van der Waals surface area contributed by atoms with Crippen molar-refractivity contribution in [2.75, 3.05) is 6.54 Å². The molecule has 1 aromatic heterocycles. The molecule has 3 rings (SSSR count). The van der Waals surface area contributed by atoms with Crippen LogP contribution in [0.15, 0.2) is 63.6 Å². The molecule has 1 heterocycles. The molecule has 0 spiro atoms. The molecule has 0 bridgehead atoms. The van der Waals surface area contributed by atoms with Gasteiger partial charge in [0, 0.05) is 28.6 Å². The zero-order valence-corrected chi connectivity index (χ0v) is 13.8. The summed E-state index contributed by atoms with van der Waals surface area (Å²) in [4.78, 5) is 16.3. The molecule has 6 heteroatoms. The molecule has 1 N–H and O–H groups in total. The summed E-state index contributed by atoms with van der Waals surface area (Å²) in [7, 11) is 0. The molecule has 116 valence electrons. The van der Waals surface area contributed by atoms with Crippen molar-refractivity contribution in [3.63, 3.8) is 0 Å². The fourth-order valence-corrected chi connectivity index (χ4v) is 2.31. The maximum absolute atomic E-state index is 12.0. The lowest BCUT2D eigenvalue weighted by atomic mass is 10.2. The summed E-state index contributed by atoms with van der Waals surface area (Å²) >= 11 is 3.34. The van der Waals surface area contributed by atoms with Gasteiger partial charge in [0.2, 0.25) is 11.7 Å². The summed E-state index contributed by atoms with van der Waals surface area (Å²) in [6.45, 7) is 0.436. The molecule has 0 atom stereocenters. The van der Waals surface area contributed by atoms with Gasteiger partial charge in [0.15, 0.2) is 0 Å². The number of hydrogen-bond donors (Lipinski definition) is 1. The van der Waals surface area contributed by atoms with Crippen LogP contribution in [-0.2, 0) is 6.42 Å². The zero-order valence-electron chi connectivity index (χ0n) is 12.2. The third-order valence-corrected chi connectivity index (χ3v) is 3.76. The number of benzene rings is 2. The molecule has 0 aliphatic heterocycles. The molecule has 0 aliphatic carbocycles. The molecular weight excluding hydrogens is 358 g/mol. The quantitative estimate of drug-likeness (QED) is 0.745. The number of amides is 1. The molecule has 0 fully saturated rings. The Morgan fingerprint density at radius 1 is 1.09 bits per heavy atom. The minimum atomic E-state index is -0.125. The lowest BCUT2D eigenvalue weighted by Gasteiger charge is -2.03. The lowest BCUT2D eigenvalue weighted by molar-refractivity contribution is 0.0953. The van der Waals surface area contributed by atoms with Gasteiger partial charge in [-0.25, -0.2) is 0 Å². The summed E-state index contributed by atoms with van der Waals surface area (Å²) in [5.74, 6) is 0.931. The number of halogens is 1. The largest absolute Gasteiger partial charge is 0.352 e. The number of hydrogen-bond acceptors (Lipinski definition) is 4. The maximum Gasteiger partial charge on any atom is 0.251 e. The average Bonchev–Trinajstić information content (AvgIpc) is 3.05. The maximum atomic E-state index is 12.0. The van der Waals surface area contributed by atoms with E-state index >= 15 is 0 Å². The third kappa shape index (κ3) is 4.04. The Bertz CT molecular complexity index is 785. The highest BCUT2D eigenvalue weighted by Gasteiger charge is 2.09. The number of carbonyl (C=O) groups excluding carboxylic acids is 1. The number of carbonyl (C=O) groups is 1. The van der Waals surface area contributed by atoms with E-state index in [1.807, 2.05) is 42.5 Å². The number of rotatable bonds is 5. The van der Waals surface area contributed by atoms with Gasteiger partial charge in [-0.3, -0.25) is 4.79 Å². The van der Waals surface area contributed by atoms with Gasteiger partial charge in [-0.15, -0.1) is 0 Å². The van der Waals surface area contributed by atoms with E-state index in [9.17, 15) is 4.79 Å². The van der Waals surface area contributed by atoms with E-state index in [2.05, 4.69) is 31.4 Å². The van der Waals surface area contributed by atoms with Crippen molar-refractivity contribution in [3.8, 4) is 11.4 Å².